The molecule has 6 heteroatoms. The third kappa shape index (κ3) is 3.75. The van der Waals surface area contributed by atoms with Crippen LogP contribution in [0.1, 0.15) is 30.1 Å². The van der Waals surface area contributed by atoms with E-state index in [2.05, 4.69) is 15.9 Å². The van der Waals surface area contributed by atoms with Gasteiger partial charge in [-0.25, -0.2) is 0 Å². The summed E-state index contributed by atoms with van der Waals surface area (Å²) < 4.78 is 5.75. The van der Waals surface area contributed by atoms with E-state index in [0.717, 1.165) is 17.3 Å². The third-order valence-electron chi connectivity index (χ3n) is 3.52. The fourth-order valence-electron chi connectivity index (χ4n) is 2.46. The first-order chi connectivity index (χ1) is 10.0. The molecule has 1 amide bonds. The molecular weight excluding hydrogens is 338 g/mol. The Kier molecular flexibility index (Phi) is 5.22. The van der Waals surface area contributed by atoms with E-state index in [1.165, 1.54) is 6.07 Å². The summed E-state index contributed by atoms with van der Waals surface area (Å²) in [4.78, 5) is 25.9. The highest BCUT2D eigenvalue weighted by atomic mass is 79.9. The van der Waals surface area contributed by atoms with Gasteiger partial charge in [-0.05, 0) is 38.0 Å². The van der Waals surface area contributed by atoms with Crippen LogP contribution < -0.4 is 0 Å². The highest BCUT2D eigenvalue weighted by Crippen LogP contribution is 2.26. The average molecular weight is 356 g/mol. The van der Waals surface area contributed by atoms with Crippen molar-refractivity contribution in [2.75, 3.05) is 19.7 Å². The van der Waals surface area contributed by atoms with Crippen LogP contribution in [0.2, 0.25) is 0 Å². The highest BCUT2D eigenvalue weighted by molar-refractivity contribution is 9.10. The SMILES string of the molecule is CCOC(=O)[C@@H]1CCCN(C(=O)c2cc(Br)ccc2O)C1. The second kappa shape index (κ2) is 6.93. The van der Waals surface area contributed by atoms with E-state index < -0.39 is 0 Å². The van der Waals surface area contributed by atoms with Crippen molar-refractivity contribution in [3.05, 3.63) is 28.2 Å². The van der Waals surface area contributed by atoms with Crippen molar-refractivity contribution in [1.29, 1.82) is 0 Å². The molecule has 0 unspecified atom stereocenters. The largest absolute Gasteiger partial charge is 0.507 e. The maximum absolute atomic E-state index is 12.5. The van der Waals surface area contributed by atoms with Crippen LogP contribution in [0.15, 0.2) is 22.7 Å². The predicted octanol–water partition coefficient (Wildman–Crippen LogP) is 2.57. The lowest BCUT2D eigenvalue weighted by molar-refractivity contribution is -0.149. The van der Waals surface area contributed by atoms with Crippen LogP contribution >= 0.6 is 15.9 Å². The Hall–Kier alpha value is -1.56. The van der Waals surface area contributed by atoms with E-state index in [1.807, 2.05) is 0 Å². The number of aromatic hydroxyl groups is 1. The molecule has 0 bridgehead atoms. The van der Waals surface area contributed by atoms with Crippen molar-refractivity contribution in [2.45, 2.75) is 19.8 Å². The number of esters is 1. The van der Waals surface area contributed by atoms with Crippen LogP contribution in [0.4, 0.5) is 0 Å². The number of hydrogen-bond acceptors (Lipinski definition) is 4. The molecule has 1 aliphatic heterocycles. The molecule has 0 radical (unpaired) electrons. The lowest BCUT2D eigenvalue weighted by atomic mass is 9.97. The van der Waals surface area contributed by atoms with Crippen molar-refractivity contribution >= 4 is 27.8 Å². The Morgan fingerprint density at radius 1 is 1.48 bits per heavy atom. The number of nitrogens with zero attached hydrogens (tertiary/aromatic N) is 1. The van der Waals surface area contributed by atoms with Crippen molar-refractivity contribution in [1.82, 2.24) is 4.90 Å². The van der Waals surface area contributed by atoms with Crippen LogP contribution in [0.25, 0.3) is 0 Å². The number of halogens is 1. The Morgan fingerprint density at radius 2 is 2.24 bits per heavy atom. The smallest absolute Gasteiger partial charge is 0.310 e. The lowest BCUT2D eigenvalue weighted by Crippen LogP contribution is -2.42. The monoisotopic (exact) mass is 355 g/mol. The topological polar surface area (TPSA) is 66.8 Å². The molecule has 21 heavy (non-hydrogen) atoms. The number of phenolic OH excluding ortho intramolecular Hbond substituents is 1. The molecule has 1 aromatic carbocycles. The first-order valence-electron chi connectivity index (χ1n) is 6.97. The van der Waals surface area contributed by atoms with Crippen LogP contribution in [0.5, 0.6) is 5.75 Å². The van der Waals surface area contributed by atoms with E-state index in [-0.39, 0.29) is 29.1 Å². The molecule has 0 saturated carbocycles. The number of piperidine rings is 1. The Morgan fingerprint density at radius 3 is 2.95 bits per heavy atom. The highest BCUT2D eigenvalue weighted by Gasteiger charge is 2.30. The van der Waals surface area contributed by atoms with Gasteiger partial charge in [0.05, 0.1) is 18.1 Å². The number of amides is 1. The van der Waals surface area contributed by atoms with Crippen LogP contribution in [0.3, 0.4) is 0 Å². The number of carbonyl (C=O) groups is 2. The van der Waals surface area contributed by atoms with Crippen molar-refractivity contribution in [3.63, 3.8) is 0 Å². The molecule has 0 aromatic heterocycles. The average Bonchev–Trinajstić information content (AvgIpc) is 2.49. The van der Waals surface area contributed by atoms with E-state index in [9.17, 15) is 14.7 Å². The van der Waals surface area contributed by atoms with Crippen molar-refractivity contribution < 1.29 is 19.4 Å². The molecule has 1 N–H and O–H groups in total. The normalized spacial score (nSPS) is 18.4. The number of rotatable bonds is 3. The first kappa shape index (κ1) is 15.8. The number of phenols is 1. The molecule has 1 aromatic rings. The predicted molar refractivity (Wildman–Crippen MR) is 81.1 cm³/mol. The summed E-state index contributed by atoms with van der Waals surface area (Å²) in [5.41, 5.74) is 0.244. The Balaban J connectivity index is 2.12. The van der Waals surface area contributed by atoms with Crippen molar-refractivity contribution in [2.24, 2.45) is 5.92 Å². The fraction of sp³-hybridized carbons (Fsp3) is 0.467. The molecule has 0 aliphatic carbocycles. The van der Waals surface area contributed by atoms with Gasteiger partial charge in [0.2, 0.25) is 0 Å². The zero-order valence-corrected chi connectivity index (χ0v) is 13.4. The van der Waals surface area contributed by atoms with Gasteiger partial charge in [0.25, 0.3) is 5.91 Å². The summed E-state index contributed by atoms with van der Waals surface area (Å²) in [7, 11) is 0. The van der Waals surface area contributed by atoms with Gasteiger partial charge in [0.1, 0.15) is 5.75 Å². The second-order valence-electron chi connectivity index (χ2n) is 5.00. The third-order valence-corrected chi connectivity index (χ3v) is 4.01. The molecule has 0 spiro atoms. The van der Waals surface area contributed by atoms with E-state index in [0.29, 0.717) is 19.7 Å². The maximum Gasteiger partial charge on any atom is 0.310 e. The number of likely N-dealkylation sites (tertiary alicyclic amines) is 1. The molecule has 1 fully saturated rings. The number of carbonyl (C=O) groups excluding carboxylic acids is 2. The Bertz CT molecular complexity index is 546. The number of benzene rings is 1. The van der Waals surface area contributed by atoms with Crippen LogP contribution in [0, 0.1) is 5.92 Å². The summed E-state index contributed by atoms with van der Waals surface area (Å²) in [5, 5.41) is 9.84. The summed E-state index contributed by atoms with van der Waals surface area (Å²) >= 11 is 3.29. The quantitative estimate of drug-likeness (QED) is 0.846. The summed E-state index contributed by atoms with van der Waals surface area (Å²) in [6.45, 7) is 3.03. The second-order valence-corrected chi connectivity index (χ2v) is 5.92. The van der Waals surface area contributed by atoms with Gasteiger partial charge in [0.15, 0.2) is 0 Å². The van der Waals surface area contributed by atoms with E-state index in [1.54, 1.807) is 24.0 Å². The minimum Gasteiger partial charge on any atom is -0.507 e. The summed E-state index contributed by atoms with van der Waals surface area (Å²) in [6.07, 6.45) is 1.48. The standard InChI is InChI=1S/C15H18BrNO4/c1-2-21-15(20)10-4-3-7-17(9-10)14(19)12-8-11(16)5-6-13(12)18/h5-6,8,10,18H,2-4,7,9H2,1H3/t10-/m1/s1. The summed E-state index contributed by atoms with van der Waals surface area (Å²) in [6, 6.07) is 4.74. The van der Waals surface area contributed by atoms with Crippen LogP contribution in [-0.2, 0) is 9.53 Å². The van der Waals surface area contributed by atoms with Gasteiger partial charge in [-0.15, -0.1) is 0 Å². The molecule has 5 nitrogen and oxygen atoms in total. The van der Waals surface area contributed by atoms with Gasteiger partial charge < -0.3 is 14.7 Å². The Labute approximate surface area is 132 Å². The molecule has 2 rings (SSSR count). The van der Waals surface area contributed by atoms with Crippen molar-refractivity contribution in [3.8, 4) is 5.75 Å². The van der Waals surface area contributed by atoms with E-state index >= 15 is 0 Å². The zero-order chi connectivity index (χ0) is 15.4. The van der Waals surface area contributed by atoms with Gasteiger partial charge in [-0.1, -0.05) is 15.9 Å². The molecule has 114 valence electrons. The van der Waals surface area contributed by atoms with E-state index in [4.69, 9.17) is 4.74 Å². The lowest BCUT2D eigenvalue weighted by Gasteiger charge is -2.31. The number of ether oxygens (including phenoxy) is 1. The van der Waals surface area contributed by atoms with Crippen LogP contribution in [-0.4, -0.2) is 41.6 Å². The zero-order valence-electron chi connectivity index (χ0n) is 11.8. The number of hydrogen-bond donors (Lipinski definition) is 1. The van der Waals surface area contributed by atoms with Gasteiger partial charge >= 0.3 is 5.97 Å². The minimum atomic E-state index is -0.281. The van der Waals surface area contributed by atoms with Gasteiger partial charge in [-0.3, -0.25) is 9.59 Å². The minimum absolute atomic E-state index is 0.0542. The molecule has 1 atom stereocenters. The molecule has 1 heterocycles. The fourth-order valence-corrected chi connectivity index (χ4v) is 2.83. The molecule has 1 aliphatic rings. The molecule has 1 saturated heterocycles. The summed E-state index contributed by atoms with van der Waals surface area (Å²) in [5.74, 6) is -0.852. The molecular formula is C15H18BrNO4. The maximum atomic E-state index is 12.5. The van der Waals surface area contributed by atoms with Gasteiger partial charge in [-0.2, -0.15) is 0 Å². The van der Waals surface area contributed by atoms with Gasteiger partial charge in [0, 0.05) is 17.6 Å². The first-order valence-corrected chi connectivity index (χ1v) is 7.76.